The van der Waals surface area contributed by atoms with Crippen LogP contribution in [0.3, 0.4) is 0 Å². The Kier molecular flexibility index (Phi) is 5.58. The molecule has 3 nitrogen and oxygen atoms in total. The van der Waals surface area contributed by atoms with Gasteiger partial charge in [-0.1, -0.05) is 6.08 Å². The molecule has 3 atom stereocenters. The Balaban J connectivity index is 5.39. The lowest BCUT2D eigenvalue weighted by atomic mass is 9.86. The van der Waals surface area contributed by atoms with Crippen molar-refractivity contribution in [3.8, 4) is 0 Å². The average Bonchev–Trinajstić information content (AvgIpc) is 2.16. The van der Waals surface area contributed by atoms with Gasteiger partial charge < -0.3 is 5.11 Å². The maximum atomic E-state index is 13.1. The minimum atomic E-state index is -4.66. The van der Waals surface area contributed by atoms with Crippen LogP contribution in [-0.4, -0.2) is 32.4 Å². The predicted molar refractivity (Wildman–Crippen MR) is 66.3 cm³/mol. The summed E-state index contributed by atoms with van der Waals surface area (Å²) in [6.45, 7) is 8.12. The van der Waals surface area contributed by atoms with E-state index in [1.165, 1.54) is 0 Å². The molecule has 0 aromatic carbocycles. The Morgan fingerprint density at radius 2 is 1.78 bits per heavy atom. The molecule has 2 N–H and O–H groups in total. The van der Waals surface area contributed by atoms with Crippen LogP contribution >= 0.6 is 0 Å². The highest BCUT2D eigenvalue weighted by Crippen LogP contribution is 2.37. The fourth-order valence-corrected chi connectivity index (χ4v) is 2.14. The van der Waals surface area contributed by atoms with Crippen LogP contribution < -0.4 is 4.72 Å². The molecule has 0 fully saturated rings. The van der Waals surface area contributed by atoms with Crippen molar-refractivity contribution in [1.29, 1.82) is 0 Å². The average molecular weight is 287 g/mol. The van der Waals surface area contributed by atoms with Gasteiger partial charge in [0.25, 0.3) is 0 Å². The lowest BCUT2D eigenvalue weighted by Crippen LogP contribution is -2.62. The number of halogens is 3. The number of hydrogen-bond acceptors (Lipinski definition) is 2. The first kappa shape index (κ1) is 17.6. The normalized spacial score (nSPS) is 20.0. The van der Waals surface area contributed by atoms with Crippen molar-refractivity contribution < 1.29 is 22.5 Å². The van der Waals surface area contributed by atoms with E-state index in [0.29, 0.717) is 0 Å². The smallest absolute Gasteiger partial charge is 0.396 e. The van der Waals surface area contributed by atoms with Gasteiger partial charge in [-0.25, -0.2) is 8.93 Å². The number of hydrogen-bond donors (Lipinski definition) is 2. The van der Waals surface area contributed by atoms with Crippen LogP contribution in [0.1, 0.15) is 27.7 Å². The Labute approximate surface area is 108 Å². The molecular weight excluding hydrogens is 267 g/mol. The van der Waals surface area contributed by atoms with Gasteiger partial charge in [0, 0.05) is 5.92 Å². The number of aliphatic hydroxyl groups is 1. The first-order valence-electron chi connectivity index (χ1n) is 5.40. The third kappa shape index (κ3) is 3.80. The van der Waals surface area contributed by atoms with Crippen molar-refractivity contribution in [3.05, 3.63) is 12.7 Å². The van der Waals surface area contributed by atoms with Gasteiger partial charge in [0.15, 0.2) is 0 Å². The number of nitrogens with one attached hydrogen (secondary N) is 1. The Bertz CT molecular complexity index is 325. The summed E-state index contributed by atoms with van der Waals surface area (Å²) < 4.78 is 52.5. The van der Waals surface area contributed by atoms with E-state index in [1.807, 2.05) is 0 Å². The second-order valence-electron chi connectivity index (χ2n) is 5.21. The van der Waals surface area contributed by atoms with E-state index in [9.17, 15) is 17.4 Å². The molecule has 0 unspecified atom stereocenters. The SMILES string of the molecule is C=C[C@H](CO)[C@@](C)(N[S@@](=O)C(C)(C)C)C(F)(F)F. The lowest BCUT2D eigenvalue weighted by molar-refractivity contribution is -0.198. The highest BCUT2D eigenvalue weighted by molar-refractivity contribution is 7.84. The molecule has 0 saturated carbocycles. The summed E-state index contributed by atoms with van der Waals surface area (Å²) >= 11 is 0. The van der Waals surface area contributed by atoms with Crippen molar-refractivity contribution in [1.82, 2.24) is 4.72 Å². The molecule has 7 heteroatoms. The van der Waals surface area contributed by atoms with E-state index < -0.39 is 40.0 Å². The van der Waals surface area contributed by atoms with Crippen molar-refractivity contribution in [2.75, 3.05) is 6.61 Å². The van der Waals surface area contributed by atoms with E-state index in [1.54, 1.807) is 20.8 Å². The number of alkyl halides is 3. The predicted octanol–water partition coefficient (Wildman–Crippen LogP) is 2.15. The molecule has 0 rings (SSSR count). The third-order valence-corrected chi connectivity index (χ3v) is 4.39. The molecule has 0 amide bonds. The Morgan fingerprint density at radius 1 is 1.33 bits per heavy atom. The fraction of sp³-hybridized carbons (Fsp3) is 0.818. The summed E-state index contributed by atoms with van der Waals surface area (Å²) in [4.78, 5) is 0. The minimum Gasteiger partial charge on any atom is -0.396 e. The van der Waals surface area contributed by atoms with E-state index in [2.05, 4.69) is 11.3 Å². The topological polar surface area (TPSA) is 49.3 Å². The summed E-state index contributed by atoms with van der Waals surface area (Å²) in [5.74, 6) is -1.27. The van der Waals surface area contributed by atoms with Crippen LogP contribution in [-0.2, 0) is 11.0 Å². The Morgan fingerprint density at radius 3 is 2.00 bits per heavy atom. The second kappa shape index (κ2) is 5.71. The summed E-state index contributed by atoms with van der Waals surface area (Å²) in [7, 11) is -1.91. The van der Waals surface area contributed by atoms with Crippen LogP contribution in [0.15, 0.2) is 12.7 Å². The number of rotatable bonds is 5. The zero-order chi connectivity index (χ0) is 14.8. The molecule has 0 radical (unpaired) electrons. The van der Waals surface area contributed by atoms with Crippen LogP contribution in [0.2, 0.25) is 0 Å². The summed E-state index contributed by atoms with van der Waals surface area (Å²) in [5, 5.41) is 9.03. The first-order valence-corrected chi connectivity index (χ1v) is 6.55. The largest absolute Gasteiger partial charge is 0.407 e. The molecule has 108 valence electrons. The van der Waals surface area contributed by atoms with E-state index >= 15 is 0 Å². The second-order valence-corrected chi connectivity index (χ2v) is 7.17. The number of aliphatic hydroxyl groups excluding tert-OH is 1. The highest BCUT2D eigenvalue weighted by Gasteiger charge is 2.56. The molecule has 0 saturated heterocycles. The van der Waals surface area contributed by atoms with Gasteiger partial charge in [0.1, 0.15) is 5.54 Å². The molecule has 0 aromatic rings. The molecule has 0 aliphatic rings. The van der Waals surface area contributed by atoms with Gasteiger partial charge in [-0.3, -0.25) is 0 Å². The minimum absolute atomic E-state index is 0.728. The molecule has 0 bridgehead atoms. The molecule has 0 aliphatic carbocycles. The molecule has 18 heavy (non-hydrogen) atoms. The summed E-state index contributed by atoms with van der Waals surface area (Å²) in [6, 6.07) is 0. The Hall–Kier alpha value is -0.400. The zero-order valence-electron chi connectivity index (χ0n) is 11.0. The van der Waals surface area contributed by atoms with Gasteiger partial charge in [-0.2, -0.15) is 13.2 Å². The van der Waals surface area contributed by atoms with Crippen LogP contribution in [0, 0.1) is 5.92 Å². The lowest BCUT2D eigenvalue weighted by Gasteiger charge is -2.39. The molecule has 0 heterocycles. The molecule has 0 aliphatic heterocycles. The van der Waals surface area contributed by atoms with Crippen LogP contribution in [0.4, 0.5) is 13.2 Å². The van der Waals surface area contributed by atoms with Crippen molar-refractivity contribution in [2.24, 2.45) is 5.92 Å². The standard InChI is InChI=1S/C11H20F3NO2S/c1-6-8(7-16)10(5,11(12,13)14)15-18(17)9(2,3)4/h6,8,15-16H,1,7H2,2-5H3/t8-,10-,18+/m1/s1. The zero-order valence-corrected chi connectivity index (χ0v) is 11.8. The van der Waals surface area contributed by atoms with Crippen LogP contribution in [0.25, 0.3) is 0 Å². The van der Waals surface area contributed by atoms with Crippen LogP contribution in [0.5, 0.6) is 0 Å². The van der Waals surface area contributed by atoms with Gasteiger partial charge in [-0.05, 0) is 27.7 Å². The van der Waals surface area contributed by atoms with E-state index in [0.717, 1.165) is 13.0 Å². The van der Waals surface area contributed by atoms with Gasteiger partial charge in [-0.15, -0.1) is 6.58 Å². The highest BCUT2D eigenvalue weighted by atomic mass is 32.2. The maximum absolute atomic E-state index is 13.1. The van der Waals surface area contributed by atoms with Gasteiger partial charge in [0.05, 0.1) is 22.3 Å². The van der Waals surface area contributed by atoms with E-state index in [-0.39, 0.29) is 0 Å². The van der Waals surface area contributed by atoms with E-state index in [4.69, 9.17) is 5.11 Å². The van der Waals surface area contributed by atoms with Crippen molar-refractivity contribution in [2.45, 2.75) is 44.2 Å². The quantitative estimate of drug-likeness (QED) is 0.761. The van der Waals surface area contributed by atoms with Gasteiger partial charge in [0.2, 0.25) is 0 Å². The monoisotopic (exact) mass is 287 g/mol. The molecule has 0 spiro atoms. The van der Waals surface area contributed by atoms with Gasteiger partial charge >= 0.3 is 6.18 Å². The summed E-state index contributed by atoms with van der Waals surface area (Å²) in [5.41, 5.74) is -2.48. The molecule has 0 aromatic heterocycles. The van der Waals surface area contributed by atoms with Crippen molar-refractivity contribution >= 4 is 11.0 Å². The van der Waals surface area contributed by atoms with Crippen molar-refractivity contribution in [3.63, 3.8) is 0 Å². The third-order valence-electron chi connectivity index (χ3n) is 2.67. The first-order chi connectivity index (χ1) is 7.90. The maximum Gasteiger partial charge on any atom is 0.407 e. The molecular formula is C11H20F3NO2S. The summed E-state index contributed by atoms with van der Waals surface area (Å²) in [6.07, 6.45) is -3.64. The fourth-order valence-electron chi connectivity index (χ4n) is 1.18.